The van der Waals surface area contributed by atoms with Crippen LogP contribution in [-0.2, 0) is 4.79 Å². The van der Waals surface area contributed by atoms with E-state index in [2.05, 4.69) is 32.0 Å². The van der Waals surface area contributed by atoms with Crippen molar-refractivity contribution in [3.05, 3.63) is 59.4 Å². The summed E-state index contributed by atoms with van der Waals surface area (Å²) in [6.45, 7) is 8.19. The maximum Gasteiger partial charge on any atom is 0.212 e. The van der Waals surface area contributed by atoms with Gasteiger partial charge in [-0.05, 0) is 50.4 Å². The lowest BCUT2D eigenvalue weighted by atomic mass is 10.0. The van der Waals surface area contributed by atoms with E-state index in [4.69, 9.17) is 4.99 Å². The smallest absolute Gasteiger partial charge is 0.212 e. The number of phenols is 1. The molecule has 1 aliphatic rings. The van der Waals surface area contributed by atoms with Crippen LogP contribution in [0.2, 0.25) is 0 Å². The molecule has 1 aliphatic heterocycles. The van der Waals surface area contributed by atoms with Crippen LogP contribution < -0.4 is 5.32 Å². The Hall–Kier alpha value is -3.57. The molecule has 1 saturated heterocycles. The first-order chi connectivity index (χ1) is 18.7. The average Bonchev–Trinajstić information content (AvgIpc) is 2.89. The number of rotatable bonds is 7. The second kappa shape index (κ2) is 12.1. The molecule has 2 N–H and O–H groups in total. The quantitative estimate of drug-likeness (QED) is 0.178. The van der Waals surface area contributed by atoms with E-state index in [0.29, 0.717) is 24.5 Å². The number of piperazine rings is 1. The number of carbonyl (C=O) groups is 1. The highest BCUT2D eigenvalue weighted by Crippen LogP contribution is 2.37. The number of amides is 1. The molecule has 3 aromatic rings. The van der Waals surface area contributed by atoms with Gasteiger partial charge >= 0.3 is 0 Å². The molecule has 0 radical (unpaired) electrons. The summed E-state index contributed by atoms with van der Waals surface area (Å²) in [4.78, 5) is 30.8. The number of hydrogen-bond acceptors (Lipinski definition) is 7. The molecule has 3 heterocycles. The van der Waals surface area contributed by atoms with E-state index in [9.17, 15) is 14.3 Å². The van der Waals surface area contributed by atoms with Gasteiger partial charge in [-0.15, -0.1) is 11.8 Å². The molecular weight excluding hydrogens is 522 g/mol. The molecule has 1 amide bonds. The summed E-state index contributed by atoms with van der Waals surface area (Å²) < 4.78 is 30.4. The number of phenolic OH excluding ortho intramolecular Hbond substituents is 1. The van der Waals surface area contributed by atoms with Gasteiger partial charge in [0.05, 0.1) is 16.8 Å². The highest BCUT2D eigenvalue weighted by molar-refractivity contribution is 7.98. The molecule has 2 aromatic heterocycles. The summed E-state index contributed by atoms with van der Waals surface area (Å²) in [7, 11) is 2.03. The number of amidine groups is 1. The van der Waals surface area contributed by atoms with Crippen LogP contribution in [-0.4, -0.2) is 76.1 Å². The van der Waals surface area contributed by atoms with Crippen LogP contribution in [0.1, 0.15) is 37.9 Å². The third-order valence-corrected chi connectivity index (χ3v) is 7.41. The SMILES string of the molecule is CSc1ccnc(C(C)C)c1/N=C(\c1cc(F)c(-c2c(O)cccc2F)nc1NC=O)N1CCN(C)CC1C. The third kappa shape index (κ3) is 5.89. The molecule has 0 bridgehead atoms. The molecule has 11 heteroatoms. The lowest BCUT2D eigenvalue weighted by molar-refractivity contribution is -0.105. The van der Waals surface area contributed by atoms with Crippen LogP contribution in [0.25, 0.3) is 11.3 Å². The van der Waals surface area contributed by atoms with Gasteiger partial charge in [-0.2, -0.15) is 0 Å². The second-order valence-electron chi connectivity index (χ2n) is 9.75. The molecule has 0 spiro atoms. The number of aliphatic imine (C=N–C) groups is 1. The van der Waals surface area contributed by atoms with Crippen LogP contribution in [0.4, 0.5) is 20.3 Å². The average molecular weight is 555 g/mol. The van der Waals surface area contributed by atoms with E-state index in [1.165, 1.54) is 30.0 Å². The number of pyridine rings is 2. The largest absolute Gasteiger partial charge is 0.507 e. The van der Waals surface area contributed by atoms with Crippen LogP contribution >= 0.6 is 11.8 Å². The maximum atomic E-state index is 15.7. The van der Waals surface area contributed by atoms with E-state index in [1.807, 2.05) is 33.2 Å². The Morgan fingerprint density at radius 2 is 2.03 bits per heavy atom. The zero-order valence-electron chi connectivity index (χ0n) is 22.6. The van der Waals surface area contributed by atoms with Crippen LogP contribution in [0.5, 0.6) is 5.75 Å². The molecular formula is C28H32F2N6O2S. The normalized spacial score (nSPS) is 16.6. The Kier molecular flexibility index (Phi) is 8.81. The summed E-state index contributed by atoms with van der Waals surface area (Å²) >= 11 is 1.53. The van der Waals surface area contributed by atoms with Gasteiger partial charge in [0.15, 0.2) is 5.82 Å². The number of halogens is 2. The van der Waals surface area contributed by atoms with Crippen molar-refractivity contribution in [3.63, 3.8) is 0 Å². The van der Waals surface area contributed by atoms with Gasteiger partial charge in [-0.1, -0.05) is 19.9 Å². The molecule has 39 heavy (non-hydrogen) atoms. The monoisotopic (exact) mass is 554 g/mol. The van der Waals surface area contributed by atoms with Crippen molar-refractivity contribution in [1.82, 2.24) is 19.8 Å². The summed E-state index contributed by atoms with van der Waals surface area (Å²) in [5.74, 6) is -1.69. The van der Waals surface area contributed by atoms with Crippen molar-refractivity contribution in [3.8, 4) is 17.0 Å². The minimum absolute atomic E-state index is 0.00170. The van der Waals surface area contributed by atoms with Crippen LogP contribution in [0.15, 0.2) is 46.4 Å². The molecule has 1 unspecified atom stereocenters. The van der Waals surface area contributed by atoms with Crippen molar-refractivity contribution in [2.24, 2.45) is 4.99 Å². The number of aromatic hydroxyl groups is 1. The zero-order valence-corrected chi connectivity index (χ0v) is 23.4. The van der Waals surface area contributed by atoms with Gasteiger partial charge in [-0.25, -0.2) is 18.8 Å². The number of nitrogens with one attached hydrogen (secondary N) is 1. The number of aromatic nitrogens is 2. The van der Waals surface area contributed by atoms with Crippen molar-refractivity contribution in [1.29, 1.82) is 0 Å². The highest BCUT2D eigenvalue weighted by Gasteiger charge is 2.30. The second-order valence-corrected chi connectivity index (χ2v) is 10.6. The first kappa shape index (κ1) is 28.4. The van der Waals surface area contributed by atoms with Crippen LogP contribution in [0.3, 0.4) is 0 Å². The molecule has 1 aromatic carbocycles. The molecule has 1 atom stereocenters. The number of thioether (sulfide) groups is 1. The Labute approximate surface area is 231 Å². The topological polar surface area (TPSA) is 93.9 Å². The minimum atomic E-state index is -0.864. The lowest BCUT2D eigenvalue weighted by Crippen LogP contribution is -2.53. The van der Waals surface area contributed by atoms with Gasteiger partial charge in [-0.3, -0.25) is 9.78 Å². The van der Waals surface area contributed by atoms with Gasteiger partial charge < -0.3 is 20.2 Å². The number of hydrogen-bond donors (Lipinski definition) is 2. The molecule has 206 valence electrons. The zero-order chi connectivity index (χ0) is 28.3. The summed E-state index contributed by atoms with van der Waals surface area (Å²) in [6, 6.07) is 6.74. The van der Waals surface area contributed by atoms with Crippen molar-refractivity contribution in [2.45, 2.75) is 37.6 Å². The van der Waals surface area contributed by atoms with Gasteiger partial charge in [0, 0.05) is 36.8 Å². The number of anilines is 1. The van der Waals surface area contributed by atoms with Crippen molar-refractivity contribution < 1.29 is 18.7 Å². The van der Waals surface area contributed by atoms with Gasteiger partial charge in [0.25, 0.3) is 0 Å². The lowest BCUT2D eigenvalue weighted by Gasteiger charge is -2.40. The highest BCUT2D eigenvalue weighted by atomic mass is 32.2. The number of nitrogens with zero attached hydrogens (tertiary/aromatic N) is 5. The minimum Gasteiger partial charge on any atom is -0.507 e. The standard InChI is InChI=1S/C28H32F2N6O2S/c1-16(2)24-26(22(39-5)9-10-31-24)34-28(36-12-11-35(4)14-17(36)3)18-13-20(30)25(33-27(18)32-15-37)23-19(29)7-6-8-21(23)38/h6-10,13,15-17,38H,11-12,14H2,1-5H3,(H,32,33,37)/b34-28+. The fourth-order valence-corrected chi connectivity index (χ4v) is 5.28. The van der Waals surface area contributed by atoms with Gasteiger partial charge in [0.2, 0.25) is 6.41 Å². The van der Waals surface area contributed by atoms with E-state index < -0.39 is 23.1 Å². The summed E-state index contributed by atoms with van der Waals surface area (Å²) in [5, 5.41) is 12.8. The van der Waals surface area contributed by atoms with Crippen LogP contribution in [0, 0.1) is 11.6 Å². The van der Waals surface area contributed by atoms with E-state index in [-0.39, 0.29) is 28.9 Å². The molecule has 4 rings (SSSR count). The first-order valence-corrected chi connectivity index (χ1v) is 13.8. The van der Waals surface area contributed by atoms with Gasteiger partial charge in [0.1, 0.15) is 34.6 Å². The summed E-state index contributed by atoms with van der Waals surface area (Å²) in [5.41, 5.74) is 0.877. The predicted octanol–water partition coefficient (Wildman–Crippen LogP) is 5.26. The number of likely N-dealkylation sites (N-methyl/N-ethyl adjacent to an activating group) is 1. The van der Waals surface area contributed by atoms with Crippen molar-refractivity contribution >= 4 is 35.5 Å². The Bertz CT molecular complexity index is 1380. The first-order valence-electron chi connectivity index (χ1n) is 12.6. The van der Waals surface area contributed by atoms with Crippen molar-refractivity contribution in [2.75, 3.05) is 38.3 Å². The number of benzene rings is 1. The third-order valence-electron chi connectivity index (χ3n) is 6.64. The predicted molar refractivity (Wildman–Crippen MR) is 151 cm³/mol. The Morgan fingerprint density at radius 3 is 2.67 bits per heavy atom. The van der Waals surface area contributed by atoms with E-state index in [1.54, 1.807) is 6.20 Å². The molecule has 8 nitrogen and oxygen atoms in total. The molecule has 0 aliphatic carbocycles. The summed E-state index contributed by atoms with van der Waals surface area (Å²) in [6.07, 6.45) is 4.12. The number of carbonyl (C=O) groups excluding carboxylic acids is 1. The van der Waals surface area contributed by atoms with E-state index in [0.717, 1.165) is 29.7 Å². The Morgan fingerprint density at radius 1 is 1.26 bits per heavy atom. The van der Waals surface area contributed by atoms with E-state index >= 15 is 4.39 Å². The fourth-order valence-electron chi connectivity index (χ4n) is 4.74. The molecule has 0 saturated carbocycles. The Balaban J connectivity index is 2.01. The fraction of sp³-hybridized carbons (Fsp3) is 0.357. The molecule has 1 fully saturated rings. The maximum absolute atomic E-state index is 15.7.